The highest BCUT2D eigenvalue weighted by Crippen LogP contribution is 2.22. The predicted molar refractivity (Wildman–Crippen MR) is 85.1 cm³/mol. The molecule has 116 valence electrons. The number of ether oxygens (including phenoxy) is 1. The third-order valence-electron chi connectivity index (χ3n) is 2.97. The summed E-state index contributed by atoms with van der Waals surface area (Å²) in [7, 11) is 0. The summed E-state index contributed by atoms with van der Waals surface area (Å²) >= 11 is 1.25. The third-order valence-corrected chi connectivity index (χ3v) is 4.16. The van der Waals surface area contributed by atoms with Crippen LogP contribution in [-0.2, 0) is 0 Å². The smallest absolute Gasteiger partial charge is 0.159 e. The molecule has 22 heavy (non-hydrogen) atoms. The van der Waals surface area contributed by atoms with Crippen LogP contribution in [0.15, 0.2) is 53.4 Å². The standard InChI is InChI=1S/C17H17FO3S/c1-12(19)13-6-8-15(9-7-13)21-10-14(20)11-22-17-5-3-2-4-16(17)18/h2-9,14,20H,10-11H2,1H3. The van der Waals surface area contributed by atoms with E-state index in [2.05, 4.69) is 0 Å². The molecule has 2 rings (SSSR count). The van der Waals surface area contributed by atoms with Crippen LogP contribution in [0.2, 0.25) is 0 Å². The van der Waals surface area contributed by atoms with Gasteiger partial charge in [-0.05, 0) is 43.3 Å². The molecule has 0 radical (unpaired) electrons. The number of hydrogen-bond acceptors (Lipinski definition) is 4. The number of carbonyl (C=O) groups excluding carboxylic acids is 1. The Balaban J connectivity index is 1.79. The summed E-state index contributed by atoms with van der Waals surface area (Å²) in [6, 6.07) is 13.2. The van der Waals surface area contributed by atoms with Crippen molar-refractivity contribution < 1.29 is 19.0 Å². The van der Waals surface area contributed by atoms with E-state index in [1.807, 2.05) is 0 Å². The second-order valence-electron chi connectivity index (χ2n) is 4.79. The van der Waals surface area contributed by atoms with Crippen LogP contribution < -0.4 is 4.74 Å². The van der Waals surface area contributed by atoms with Crippen LogP contribution in [0.3, 0.4) is 0 Å². The summed E-state index contributed by atoms with van der Waals surface area (Å²) in [5, 5.41) is 9.88. The van der Waals surface area contributed by atoms with Crippen molar-refractivity contribution in [3.63, 3.8) is 0 Å². The minimum atomic E-state index is -0.711. The SMILES string of the molecule is CC(=O)c1ccc(OCC(O)CSc2ccccc2F)cc1. The van der Waals surface area contributed by atoms with Crippen LogP contribution in [0.4, 0.5) is 4.39 Å². The molecule has 0 fully saturated rings. The second kappa shape index (κ2) is 7.96. The van der Waals surface area contributed by atoms with Crippen molar-refractivity contribution in [3.8, 4) is 5.75 Å². The number of rotatable bonds is 7. The molecule has 0 aliphatic carbocycles. The molecule has 0 saturated carbocycles. The van der Waals surface area contributed by atoms with E-state index in [1.165, 1.54) is 24.8 Å². The van der Waals surface area contributed by atoms with Gasteiger partial charge < -0.3 is 9.84 Å². The van der Waals surface area contributed by atoms with Crippen LogP contribution in [0.25, 0.3) is 0 Å². The molecule has 3 nitrogen and oxygen atoms in total. The zero-order valence-corrected chi connectivity index (χ0v) is 13.0. The number of aliphatic hydroxyl groups is 1. The predicted octanol–water partition coefficient (Wildman–Crippen LogP) is 3.56. The number of benzene rings is 2. The van der Waals surface area contributed by atoms with Gasteiger partial charge >= 0.3 is 0 Å². The molecule has 2 aromatic carbocycles. The van der Waals surface area contributed by atoms with Gasteiger partial charge in [0.05, 0.1) is 6.10 Å². The van der Waals surface area contributed by atoms with Gasteiger partial charge in [-0.2, -0.15) is 0 Å². The van der Waals surface area contributed by atoms with Gasteiger partial charge in [0.25, 0.3) is 0 Å². The molecule has 0 aliphatic heterocycles. The zero-order valence-electron chi connectivity index (χ0n) is 12.2. The van der Waals surface area contributed by atoms with Gasteiger partial charge in [0, 0.05) is 16.2 Å². The number of aliphatic hydroxyl groups excluding tert-OH is 1. The van der Waals surface area contributed by atoms with Gasteiger partial charge in [-0.3, -0.25) is 4.79 Å². The van der Waals surface area contributed by atoms with Crippen LogP contribution in [0, 0.1) is 5.82 Å². The van der Waals surface area contributed by atoms with Gasteiger partial charge in [0.15, 0.2) is 5.78 Å². The number of carbonyl (C=O) groups is 1. The molecule has 1 unspecified atom stereocenters. The number of halogens is 1. The topological polar surface area (TPSA) is 46.5 Å². The van der Waals surface area contributed by atoms with Crippen LogP contribution in [-0.4, -0.2) is 29.4 Å². The Labute approximate surface area is 133 Å². The van der Waals surface area contributed by atoms with E-state index in [1.54, 1.807) is 42.5 Å². The lowest BCUT2D eigenvalue weighted by Crippen LogP contribution is -2.20. The highest BCUT2D eigenvalue weighted by atomic mass is 32.2. The first-order chi connectivity index (χ1) is 10.6. The van der Waals surface area contributed by atoms with Gasteiger partial charge in [-0.25, -0.2) is 4.39 Å². The van der Waals surface area contributed by atoms with Crippen molar-refractivity contribution in [3.05, 3.63) is 59.9 Å². The van der Waals surface area contributed by atoms with Gasteiger partial charge in [0.1, 0.15) is 18.2 Å². The maximum Gasteiger partial charge on any atom is 0.159 e. The molecule has 0 heterocycles. The normalized spacial score (nSPS) is 12.0. The average Bonchev–Trinajstić information content (AvgIpc) is 2.52. The molecule has 0 aromatic heterocycles. The summed E-state index contributed by atoms with van der Waals surface area (Å²) in [5.74, 6) is 0.625. The lowest BCUT2D eigenvalue weighted by molar-refractivity contribution is 0.101. The first kappa shape index (κ1) is 16.5. The van der Waals surface area contributed by atoms with E-state index in [0.717, 1.165) is 0 Å². The molecule has 2 aromatic rings. The number of ketones is 1. The first-order valence-electron chi connectivity index (χ1n) is 6.85. The van der Waals surface area contributed by atoms with Crippen molar-refractivity contribution in [2.45, 2.75) is 17.9 Å². The van der Waals surface area contributed by atoms with E-state index >= 15 is 0 Å². The molecule has 1 atom stereocenters. The highest BCUT2D eigenvalue weighted by Gasteiger charge is 2.09. The Morgan fingerprint density at radius 1 is 1.23 bits per heavy atom. The fourth-order valence-electron chi connectivity index (χ4n) is 1.77. The first-order valence-corrected chi connectivity index (χ1v) is 7.84. The summed E-state index contributed by atoms with van der Waals surface area (Å²) < 4.78 is 18.9. The van der Waals surface area contributed by atoms with Crippen LogP contribution in [0.5, 0.6) is 5.75 Å². The summed E-state index contributed by atoms with van der Waals surface area (Å²) in [6.07, 6.45) is -0.711. The fraction of sp³-hybridized carbons (Fsp3) is 0.235. The molecule has 0 bridgehead atoms. The van der Waals surface area contributed by atoms with Crippen molar-refractivity contribution in [1.82, 2.24) is 0 Å². The van der Waals surface area contributed by atoms with E-state index in [0.29, 0.717) is 22.0 Å². The van der Waals surface area contributed by atoms with E-state index in [-0.39, 0.29) is 18.2 Å². The molecule has 5 heteroatoms. The molecule has 0 amide bonds. The molecule has 1 N–H and O–H groups in total. The number of thioether (sulfide) groups is 1. The molecule has 0 saturated heterocycles. The largest absolute Gasteiger partial charge is 0.491 e. The van der Waals surface area contributed by atoms with E-state index < -0.39 is 6.10 Å². The Hall–Kier alpha value is -1.85. The quantitative estimate of drug-likeness (QED) is 0.626. The van der Waals surface area contributed by atoms with Crippen LogP contribution in [0.1, 0.15) is 17.3 Å². The number of Topliss-reactive ketones (excluding diaryl/α,β-unsaturated/α-hetero) is 1. The van der Waals surface area contributed by atoms with Crippen molar-refractivity contribution >= 4 is 17.5 Å². The average molecular weight is 320 g/mol. The molecular formula is C17H17FO3S. The fourth-order valence-corrected chi connectivity index (χ4v) is 2.62. The van der Waals surface area contributed by atoms with Crippen molar-refractivity contribution in [2.24, 2.45) is 0 Å². The maximum atomic E-state index is 13.4. The molecule has 0 spiro atoms. The monoisotopic (exact) mass is 320 g/mol. The van der Waals surface area contributed by atoms with Crippen molar-refractivity contribution in [2.75, 3.05) is 12.4 Å². The van der Waals surface area contributed by atoms with Gasteiger partial charge in [0.2, 0.25) is 0 Å². The van der Waals surface area contributed by atoms with Gasteiger partial charge in [-0.15, -0.1) is 11.8 Å². The van der Waals surface area contributed by atoms with Gasteiger partial charge in [-0.1, -0.05) is 12.1 Å². The number of hydrogen-bond donors (Lipinski definition) is 1. The summed E-state index contributed by atoms with van der Waals surface area (Å²) in [6.45, 7) is 1.61. The molecular weight excluding hydrogens is 303 g/mol. The Morgan fingerprint density at radius 3 is 2.55 bits per heavy atom. The Morgan fingerprint density at radius 2 is 1.91 bits per heavy atom. The third kappa shape index (κ3) is 4.86. The Kier molecular flexibility index (Phi) is 5.98. The highest BCUT2D eigenvalue weighted by molar-refractivity contribution is 7.99. The minimum Gasteiger partial charge on any atom is -0.491 e. The maximum absolute atomic E-state index is 13.4. The van der Waals surface area contributed by atoms with Crippen molar-refractivity contribution in [1.29, 1.82) is 0 Å². The van der Waals surface area contributed by atoms with E-state index in [9.17, 15) is 14.3 Å². The summed E-state index contributed by atoms with van der Waals surface area (Å²) in [5.41, 5.74) is 0.614. The second-order valence-corrected chi connectivity index (χ2v) is 5.85. The Bertz CT molecular complexity index is 628. The molecule has 0 aliphatic rings. The van der Waals surface area contributed by atoms with E-state index in [4.69, 9.17) is 4.74 Å². The van der Waals surface area contributed by atoms with Crippen LogP contribution >= 0.6 is 11.8 Å². The lowest BCUT2D eigenvalue weighted by atomic mass is 10.1. The lowest BCUT2D eigenvalue weighted by Gasteiger charge is -2.12. The zero-order chi connectivity index (χ0) is 15.9. The minimum absolute atomic E-state index is 0.00660. The summed E-state index contributed by atoms with van der Waals surface area (Å²) in [4.78, 5) is 11.7.